The minimum atomic E-state index is -1.51. The molecule has 2 aromatic carbocycles. The fraction of sp³-hybridized carbons (Fsp3) is 0.368. The zero-order chi connectivity index (χ0) is 34.9. The normalized spacial score (nSPS) is 14.2. The molecule has 0 aliphatic carbocycles. The second-order valence-corrected chi connectivity index (χ2v) is 13.7. The van der Waals surface area contributed by atoms with E-state index in [1.807, 2.05) is 84.9 Å². The molecule has 2 heterocycles. The molecule has 0 aliphatic rings. The monoisotopic (exact) mass is 654 g/mol. The van der Waals surface area contributed by atoms with Gasteiger partial charge in [-0.2, -0.15) is 0 Å². The Bertz CT molecular complexity index is 1480. The third-order valence-corrected chi connectivity index (χ3v) is 7.32. The van der Waals surface area contributed by atoms with Gasteiger partial charge >= 0.3 is 12.2 Å². The van der Waals surface area contributed by atoms with Crippen molar-refractivity contribution < 1.29 is 29.3 Å². The Kier molecular flexibility index (Phi) is 11.9. The molecule has 10 heteroatoms. The molecule has 2 amide bonds. The van der Waals surface area contributed by atoms with Crippen molar-refractivity contribution in [3.05, 3.63) is 108 Å². The Hall–Kier alpha value is -4.80. The molecule has 0 unspecified atom stereocenters. The molecule has 0 saturated heterocycles. The number of pyridine rings is 2. The molecule has 4 aromatic rings. The van der Waals surface area contributed by atoms with Gasteiger partial charge in [-0.1, -0.05) is 60.7 Å². The summed E-state index contributed by atoms with van der Waals surface area (Å²) in [5, 5.41) is 28.9. The largest absolute Gasteiger partial charge is 0.444 e. The highest BCUT2D eigenvalue weighted by Crippen LogP contribution is 2.22. The predicted octanol–water partition coefficient (Wildman–Crippen LogP) is 6.10. The van der Waals surface area contributed by atoms with Crippen LogP contribution in [-0.2, 0) is 22.3 Å². The fourth-order valence-corrected chi connectivity index (χ4v) is 5.11. The molecule has 2 aromatic heterocycles. The summed E-state index contributed by atoms with van der Waals surface area (Å²) in [4.78, 5) is 34.7. The van der Waals surface area contributed by atoms with E-state index in [9.17, 15) is 19.8 Å². The van der Waals surface area contributed by atoms with Crippen LogP contribution in [0, 0.1) is 0 Å². The van der Waals surface area contributed by atoms with Crippen LogP contribution in [0.4, 0.5) is 9.59 Å². The van der Waals surface area contributed by atoms with Gasteiger partial charge in [-0.15, -0.1) is 0 Å². The van der Waals surface area contributed by atoms with Crippen LogP contribution in [0.1, 0.15) is 52.7 Å². The van der Waals surface area contributed by atoms with Crippen LogP contribution in [0.2, 0.25) is 0 Å². The number of aliphatic hydroxyl groups is 2. The van der Waals surface area contributed by atoms with Gasteiger partial charge < -0.3 is 30.3 Å². The van der Waals surface area contributed by atoms with Gasteiger partial charge in [0.25, 0.3) is 0 Å². The van der Waals surface area contributed by atoms with E-state index in [-0.39, 0.29) is 12.8 Å². The Morgan fingerprint density at radius 2 is 0.958 bits per heavy atom. The first kappa shape index (κ1) is 36.0. The maximum Gasteiger partial charge on any atom is 0.407 e. The first-order chi connectivity index (χ1) is 22.7. The number of amides is 2. The molecule has 254 valence electrons. The number of hydrogen-bond acceptors (Lipinski definition) is 8. The van der Waals surface area contributed by atoms with Crippen LogP contribution in [0.5, 0.6) is 0 Å². The summed E-state index contributed by atoms with van der Waals surface area (Å²) in [6.07, 6.45) is -0.746. The van der Waals surface area contributed by atoms with Gasteiger partial charge in [-0.05, 0) is 89.8 Å². The first-order valence-corrected chi connectivity index (χ1v) is 16.0. The third kappa shape index (κ3) is 11.2. The summed E-state index contributed by atoms with van der Waals surface area (Å²) < 4.78 is 11.0. The minimum Gasteiger partial charge on any atom is -0.444 e. The number of carbonyl (C=O) groups is 2. The maximum atomic E-state index is 12.9. The third-order valence-electron chi connectivity index (χ3n) is 7.32. The smallest absolute Gasteiger partial charge is 0.407 e. The van der Waals surface area contributed by atoms with Crippen LogP contribution in [0.15, 0.2) is 97.3 Å². The number of hydrogen-bond donors (Lipinski definition) is 4. The van der Waals surface area contributed by atoms with E-state index in [0.29, 0.717) is 0 Å². The van der Waals surface area contributed by atoms with E-state index < -0.39 is 47.7 Å². The first-order valence-electron chi connectivity index (χ1n) is 16.0. The molecule has 0 bridgehead atoms. The summed E-state index contributed by atoms with van der Waals surface area (Å²) in [7, 11) is 0. The van der Waals surface area contributed by atoms with Gasteiger partial charge in [-0.3, -0.25) is 9.97 Å². The molecule has 0 radical (unpaired) electrons. The highest BCUT2D eigenvalue weighted by atomic mass is 16.6. The van der Waals surface area contributed by atoms with Crippen LogP contribution >= 0.6 is 0 Å². The Morgan fingerprint density at radius 3 is 1.25 bits per heavy atom. The second-order valence-electron chi connectivity index (χ2n) is 13.7. The SMILES string of the molecule is CC(C)(C)OC(=O)N[C@@H](Cc1ccc(-c2ccccn2)cc1)[C@@H](O)[C@H](O)[C@H](Cc1ccc(-c2ccccn2)cc1)NC(=O)OC(C)(C)C. The number of aliphatic hydroxyl groups excluding tert-OH is 2. The zero-order valence-electron chi connectivity index (χ0n) is 28.4. The van der Waals surface area contributed by atoms with Crippen molar-refractivity contribution in [3.8, 4) is 22.5 Å². The molecular weight excluding hydrogens is 608 g/mol. The molecular formula is C38H46N4O6. The van der Waals surface area contributed by atoms with Crippen molar-refractivity contribution in [3.63, 3.8) is 0 Å². The van der Waals surface area contributed by atoms with Crippen LogP contribution in [0.25, 0.3) is 22.5 Å². The lowest BCUT2D eigenvalue weighted by molar-refractivity contribution is -0.0293. The van der Waals surface area contributed by atoms with Gasteiger partial charge in [0, 0.05) is 23.5 Å². The lowest BCUT2D eigenvalue weighted by Crippen LogP contribution is -2.58. The van der Waals surface area contributed by atoms with Crippen molar-refractivity contribution >= 4 is 12.2 Å². The Labute approximate surface area is 282 Å². The maximum absolute atomic E-state index is 12.9. The average Bonchev–Trinajstić information content (AvgIpc) is 3.03. The molecule has 4 rings (SSSR count). The summed E-state index contributed by atoms with van der Waals surface area (Å²) in [5.41, 5.74) is 3.46. The summed E-state index contributed by atoms with van der Waals surface area (Å²) >= 11 is 0. The fourth-order valence-electron chi connectivity index (χ4n) is 5.11. The Balaban J connectivity index is 1.59. The van der Waals surface area contributed by atoms with Crippen molar-refractivity contribution in [2.45, 2.75) is 89.9 Å². The van der Waals surface area contributed by atoms with Crippen molar-refractivity contribution in [1.82, 2.24) is 20.6 Å². The minimum absolute atomic E-state index is 0.165. The highest BCUT2D eigenvalue weighted by Gasteiger charge is 2.36. The molecule has 10 nitrogen and oxygen atoms in total. The van der Waals surface area contributed by atoms with E-state index in [4.69, 9.17) is 9.47 Å². The van der Waals surface area contributed by atoms with Gasteiger partial charge in [0.15, 0.2) is 0 Å². The average molecular weight is 655 g/mol. The van der Waals surface area contributed by atoms with Gasteiger partial charge in [-0.25, -0.2) is 9.59 Å². The van der Waals surface area contributed by atoms with Gasteiger partial charge in [0.05, 0.1) is 23.5 Å². The van der Waals surface area contributed by atoms with E-state index in [1.165, 1.54) is 0 Å². The number of ether oxygens (including phenoxy) is 2. The molecule has 0 saturated carbocycles. The lowest BCUT2D eigenvalue weighted by Gasteiger charge is -2.34. The number of carbonyl (C=O) groups excluding carboxylic acids is 2. The molecule has 4 atom stereocenters. The van der Waals surface area contributed by atoms with E-state index in [0.717, 1.165) is 33.6 Å². The summed E-state index contributed by atoms with van der Waals surface area (Å²) in [6, 6.07) is 24.5. The molecule has 4 N–H and O–H groups in total. The van der Waals surface area contributed by atoms with Crippen molar-refractivity contribution in [2.75, 3.05) is 0 Å². The second kappa shape index (κ2) is 15.9. The van der Waals surface area contributed by atoms with E-state index >= 15 is 0 Å². The predicted molar refractivity (Wildman–Crippen MR) is 185 cm³/mol. The molecule has 0 aliphatic heterocycles. The van der Waals surface area contributed by atoms with Crippen LogP contribution in [-0.4, -0.2) is 67.9 Å². The van der Waals surface area contributed by atoms with E-state index in [2.05, 4.69) is 20.6 Å². The standard InChI is InChI=1S/C38H46N4O6/c1-37(2,3)47-35(45)41-31(23-25-13-17-27(18-14-25)29-11-7-9-21-39-29)33(43)34(44)32(42-36(46)48-38(4,5)6)24-26-15-19-28(20-16-26)30-12-8-10-22-40-30/h7-22,31-34,43-44H,23-24H2,1-6H3,(H,41,45)(H,42,46)/t31-,32-,33+,34+/m0/s1. The van der Waals surface area contributed by atoms with Crippen LogP contribution in [0.3, 0.4) is 0 Å². The number of rotatable bonds is 11. The summed E-state index contributed by atoms with van der Waals surface area (Å²) in [5.74, 6) is 0. The Morgan fingerprint density at radius 1 is 0.604 bits per heavy atom. The number of alkyl carbamates (subject to hydrolysis) is 2. The van der Waals surface area contributed by atoms with Gasteiger partial charge in [0.2, 0.25) is 0 Å². The molecule has 0 fully saturated rings. The van der Waals surface area contributed by atoms with E-state index in [1.54, 1.807) is 53.9 Å². The quantitative estimate of drug-likeness (QED) is 0.152. The molecule has 0 spiro atoms. The zero-order valence-corrected chi connectivity index (χ0v) is 28.4. The van der Waals surface area contributed by atoms with Crippen molar-refractivity contribution in [2.24, 2.45) is 0 Å². The van der Waals surface area contributed by atoms with Gasteiger partial charge in [0.1, 0.15) is 23.4 Å². The lowest BCUT2D eigenvalue weighted by atomic mass is 9.90. The summed E-state index contributed by atoms with van der Waals surface area (Å²) in [6.45, 7) is 10.4. The number of nitrogens with one attached hydrogen (secondary N) is 2. The van der Waals surface area contributed by atoms with Crippen LogP contribution < -0.4 is 10.6 Å². The highest BCUT2D eigenvalue weighted by molar-refractivity contribution is 5.69. The topological polar surface area (TPSA) is 143 Å². The van der Waals surface area contributed by atoms with Crippen molar-refractivity contribution in [1.29, 1.82) is 0 Å². The number of nitrogens with zero attached hydrogens (tertiary/aromatic N) is 2. The molecule has 48 heavy (non-hydrogen) atoms. The number of benzene rings is 2. The number of aromatic nitrogens is 2.